The quantitative estimate of drug-likeness (QED) is 0.487. The molecule has 0 aromatic heterocycles. The Hall–Kier alpha value is -1.33. The molecule has 0 aliphatic rings. The topological polar surface area (TPSA) is 29.5 Å². The third kappa shape index (κ3) is 2.62. The summed E-state index contributed by atoms with van der Waals surface area (Å²) in [6.45, 7) is 4.95. The molecule has 0 saturated carbocycles. The minimum atomic E-state index is -4.48. The van der Waals surface area contributed by atoms with Gasteiger partial charge in [0.2, 0.25) is 0 Å². The van der Waals surface area contributed by atoms with Crippen LogP contribution in [0.25, 0.3) is 0 Å². The minimum absolute atomic E-state index is 0.148. The number of benzene rings is 1. The normalized spacial score (nSPS) is 13.6. The average Bonchev–Trinajstić information content (AvgIpc) is 2.17. The summed E-state index contributed by atoms with van der Waals surface area (Å²) in [6.07, 6.45) is -5.65. The van der Waals surface area contributed by atoms with Gasteiger partial charge in [-0.15, -0.1) is 0 Å². The van der Waals surface area contributed by atoms with Crippen LogP contribution in [-0.2, 0) is 11.1 Å². The predicted octanol–water partition coefficient (Wildman–Crippen LogP) is 3.81. The molecule has 2 nitrogen and oxygen atoms in total. The van der Waals surface area contributed by atoms with Gasteiger partial charge in [-0.3, -0.25) is 5.26 Å². The van der Waals surface area contributed by atoms with E-state index >= 15 is 0 Å². The number of rotatable bonds is 3. The Balaban J connectivity index is 3.27. The second kappa shape index (κ2) is 4.67. The third-order valence-corrected chi connectivity index (χ3v) is 2.10. The molecular weight excluding hydrogens is 221 g/mol. The van der Waals surface area contributed by atoms with Gasteiger partial charge in [0.05, 0.1) is 5.56 Å². The first kappa shape index (κ1) is 12.7. The number of halogens is 3. The van der Waals surface area contributed by atoms with Crippen molar-refractivity contribution in [3.63, 3.8) is 0 Å². The Morgan fingerprint density at radius 2 is 1.94 bits per heavy atom. The summed E-state index contributed by atoms with van der Waals surface area (Å²) in [6, 6.07) is 4.90. The first-order valence-electron chi connectivity index (χ1n) is 4.49. The van der Waals surface area contributed by atoms with Gasteiger partial charge < -0.3 is 0 Å². The van der Waals surface area contributed by atoms with Crippen LogP contribution in [0.5, 0.6) is 0 Å². The van der Waals surface area contributed by atoms with Crippen molar-refractivity contribution in [3.05, 3.63) is 47.5 Å². The Morgan fingerprint density at radius 3 is 2.38 bits per heavy atom. The van der Waals surface area contributed by atoms with Crippen molar-refractivity contribution in [2.75, 3.05) is 0 Å². The first-order valence-corrected chi connectivity index (χ1v) is 4.49. The van der Waals surface area contributed by atoms with E-state index in [2.05, 4.69) is 11.5 Å². The molecule has 1 aromatic carbocycles. The fourth-order valence-corrected chi connectivity index (χ4v) is 1.40. The summed E-state index contributed by atoms with van der Waals surface area (Å²) in [5, 5.41) is 8.61. The van der Waals surface area contributed by atoms with Crippen LogP contribution in [-0.4, -0.2) is 5.26 Å². The number of hydrogen-bond donors (Lipinski definition) is 1. The van der Waals surface area contributed by atoms with Crippen LogP contribution in [0.1, 0.15) is 24.2 Å². The van der Waals surface area contributed by atoms with Crippen LogP contribution in [0.2, 0.25) is 0 Å². The predicted molar refractivity (Wildman–Crippen MR) is 52.7 cm³/mol. The molecule has 0 amide bonds. The van der Waals surface area contributed by atoms with Gasteiger partial charge in [-0.05, 0) is 18.6 Å². The van der Waals surface area contributed by atoms with Crippen molar-refractivity contribution in [1.82, 2.24) is 0 Å². The standard InChI is InChI=1S/C11H11F3O2/c1-7(2)10(16-15)8-5-3-4-6-9(8)11(12,13)14/h3-6,10,15H,1H2,2H3. The molecule has 0 aliphatic carbocycles. The summed E-state index contributed by atoms with van der Waals surface area (Å²) in [4.78, 5) is 4.03. The second-order valence-electron chi connectivity index (χ2n) is 3.42. The van der Waals surface area contributed by atoms with Crippen molar-refractivity contribution in [2.45, 2.75) is 19.2 Å². The van der Waals surface area contributed by atoms with Gasteiger partial charge in [0, 0.05) is 5.56 Å². The molecule has 0 heterocycles. The monoisotopic (exact) mass is 232 g/mol. The van der Waals surface area contributed by atoms with Crippen molar-refractivity contribution >= 4 is 0 Å². The molecule has 0 aliphatic heterocycles. The van der Waals surface area contributed by atoms with Crippen LogP contribution in [0.4, 0.5) is 13.2 Å². The fraction of sp³-hybridized carbons (Fsp3) is 0.273. The molecular formula is C11H11F3O2. The average molecular weight is 232 g/mol. The molecule has 88 valence electrons. The van der Waals surface area contributed by atoms with Crippen LogP contribution in [0.3, 0.4) is 0 Å². The highest BCUT2D eigenvalue weighted by molar-refractivity contribution is 5.35. The Kier molecular flexibility index (Phi) is 3.72. The van der Waals surface area contributed by atoms with Gasteiger partial charge in [-0.2, -0.15) is 13.2 Å². The minimum Gasteiger partial charge on any atom is -0.251 e. The van der Waals surface area contributed by atoms with Crippen LogP contribution in [0.15, 0.2) is 36.4 Å². The zero-order chi connectivity index (χ0) is 12.3. The summed E-state index contributed by atoms with van der Waals surface area (Å²) in [7, 11) is 0. The third-order valence-electron chi connectivity index (χ3n) is 2.10. The van der Waals surface area contributed by atoms with Gasteiger partial charge in [0.1, 0.15) is 6.10 Å². The number of alkyl halides is 3. The SMILES string of the molecule is C=C(C)C(OO)c1ccccc1C(F)(F)F. The summed E-state index contributed by atoms with van der Waals surface area (Å²) < 4.78 is 37.9. The Morgan fingerprint density at radius 1 is 1.38 bits per heavy atom. The summed E-state index contributed by atoms with van der Waals surface area (Å²) in [5.74, 6) is 0. The molecule has 1 unspecified atom stereocenters. The Bertz CT molecular complexity index is 385. The zero-order valence-electron chi connectivity index (χ0n) is 8.58. The highest BCUT2D eigenvalue weighted by atomic mass is 19.4. The van der Waals surface area contributed by atoms with E-state index < -0.39 is 17.8 Å². The largest absolute Gasteiger partial charge is 0.416 e. The van der Waals surface area contributed by atoms with E-state index in [0.717, 1.165) is 6.07 Å². The number of hydrogen-bond acceptors (Lipinski definition) is 2. The van der Waals surface area contributed by atoms with E-state index in [1.54, 1.807) is 0 Å². The molecule has 1 atom stereocenters. The Labute approximate surface area is 90.9 Å². The molecule has 1 aromatic rings. The molecule has 0 radical (unpaired) electrons. The van der Waals surface area contributed by atoms with Crippen molar-refractivity contribution in [2.24, 2.45) is 0 Å². The van der Waals surface area contributed by atoms with E-state index in [1.165, 1.54) is 25.1 Å². The van der Waals surface area contributed by atoms with Gasteiger partial charge >= 0.3 is 6.18 Å². The molecule has 0 bridgehead atoms. The molecule has 0 spiro atoms. The smallest absolute Gasteiger partial charge is 0.251 e. The van der Waals surface area contributed by atoms with Gasteiger partial charge in [0.25, 0.3) is 0 Å². The maximum atomic E-state index is 12.6. The van der Waals surface area contributed by atoms with Crippen molar-refractivity contribution in [1.29, 1.82) is 0 Å². The molecule has 1 rings (SSSR count). The van der Waals surface area contributed by atoms with Crippen LogP contribution in [0, 0.1) is 0 Å². The summed E-state index contributed by atoms with van der Waals surface area (Å²) in [5.41, 5.74) is -0.693. The maximum Gasteiger partial charge on any atom is 0.416 e. The first-order chi connectivity index (χ1) is 7.38. The van der Waals surface area contributed by atoms with Gasteiger partial charge in [-0.25, -0.2) is 4.89 Å². The lowest BCUT2D eigenvalue weighted by molar-refractivity contribution is -0.272. The van der Waals surface area contributed by atoms with Crippen molar-refractivity contribution in [3.8, 4) is 0 Å². The second-order valence-corrected chi connectivity index (χ2v) is 3.42. The van der Waals surface area contributed by atoms with E-state index in [1.807, 2.05) is 0 Å². The highest BCUT2D eigenvalue weighted by Crippen LogP contribution is 2.37. The fourth-order valence-electron chi connectivity index (χ4n) is 1.40. The van der Waals surface area contributed by atoms with Crippen LogP contribution < -0.4 is 0 Å². The van der Waals surface area contributed by atoms with Gasteiger partial charge in [0.15, 0.2) is 0 Å². The molecule has 0 fully saturated rings. The van der Waals surface area contributed by atoms with Gasteiger partial charge in [-0.1, -0.05) is 24.8 Å². The maximum absolute atomic E-state index is 12.6. The molecule has 5 heteroatoms. The molecule has 16 heavy (non-hydrogen) atoms. The van der Waals surface area contributed by atoms with Crippen LogP contribution >= 0.6 is 0 Å². The van der Waals surface area contributed by atoms with E-state index in [-0.39, 0.29) is 5.56 Å². The summed E-state index contributed by atoms with van der Waals surface area (Å²) >= 11 is 0. The lowest BCUT2D eigenvalue weighted by Crippen LogP contribution is -2.13. The van der Waals surface area contributed by atoms with Crippen molar-refractivity contribution < 1.29 is 23.3 Å². The van der Waals surface area contributed by atoms with E-state index in [4.69, 9.17) is 5.26 Å². The van der Waals surface area contributed by atoms with E-state index in [9.17, 15) is 13.2 Å². The molecule has 0 saturated heterocycles. The van der Waals surface area contributed by atoms with E-state index in [0.29, 0.717) is 5.57 Å². The lowest BCUT2D eigenvalue weighted by atomic mass is 9.98. The molecule has 1 N–H and O–H groups in total. The highest BCUT2D eigenvalue weighted by Gasteiger charge is 2.35. The lowest BCUT2D eigenvalue weighted by Gasteiger charge is -2.18. The zero-order valence-corrected chi connectivity index (χ0v) is 8.58.